The summed E-state index contributed by atoms with van der Waals surface area (Å²) in [6.07, 6.45) is 1.10. The van der Waals surface area contributed by atoms with Crippen molar-refractivity contribution in [3.05, 3.63) is 52.6 Å². The van der Waals surface area contributed by atoms with E-state index in [1.54, 1.807) is 0 Å². The number of fused-ring (bicyclic) bond motifs is 2. The maximum Gasteiger partial charge on any atom is 0.227 e. The molecule has 1 aromatic heterocycles. The fraction of sp³-hybridized carbons (Fsp3) is 0.278. The number of benzene rings is 2. The number of nitrogens with zero attached hydrogens (tertiary/aromatic N) is 1. The summed E-state index contributed by atoms with van der Waals surface area (Å²) < 4.78 is 6.00. The molecule has 0 atom stereocenters. The lowest BCUT2D eigenvalue weighted by atomic mass is 9.98. The molecular formula is C18H18N2O. The minimum Gasteiger partial charge on any atom is -0.436 e. The molecule has 3 heteroatoms. The van der Waals surface area contributed by atoms with Crippen LogP contribution in [0.15, 0.2) is 34.7 Å². The van der Waals surface area contributed by atoms with E-state index in [4.69, 9.17) is 4.42 Å². The highest BCUT2D eigenvalue weighted by atomic mass is 16.3. The van der Waals surface area contributed by atoms with Crippen molar-refractivity contribution in [1.82, 2.24) is 10.3 Å². The van der Waals surface area contributed by atoms with Crippen LogP contribution in [0.25, 0.3) is 22.6 Å². The van der Waals surface area contributed by atoms with Crippen LogP contribution < -0.4 is 5.32 Å². The molecule has 0 unspecified atom stereocenters. The Morgan fingerprint density at radius 1 is 1.10 bits per heavy atom. The van der Waals surface area contributed by atoms with E-state index in [0.29, 0.717) is 5.89 Å². The molecule has 2 aromatic carbocycles. The number of nitrogens with one attached hydrogen (secondary N) is 1. The first kappa shape index (κ1) is 12.6. The van der Waals surface area contributed by atoms with E-state index >= 15 is 0 Å². The van der Waals surface area contributed by atoms with Crippen LogP contribution in [0.1, 0.15) is 22.3 Å². The predicted octanol–water partition coefficient (Wildman–Crippen LogP) is 3.76. The minimum atomic E-state index is 0.715. The van der Waals surface area contributed by atoms with Gasteiger partial charge in [0, 0.05) is 12.1 Å². The number of aryl methyl sites for hydroxylation is 2. The second kappa shape index (κ2) is 4.71. The van der Waals surface area contributed by atoms with Gasteiger partial charge in [0.1, 0.15) is 5.52 Å². The fourth-order valence-corrected chi connectivity index (χ4v) is 3.11. The number of aromatic nitrogens is 1. The molecule has 1 aliphatic heterocycles. The predicted molar refractivity (Wildman–Crippen MR) is 84.3 cm³/mol. The molecule has 106 valence electrons. The lowest BCUT2D eigenvalue weighted by Gasteiger charge is -2.17. The quantitative estimate of drug-likeness (QED) is 0.736. The van der Waals surface area contributed by atoms with Crippen molar-refractivity contribution in [1.29, 1.82) is 0 Å². The van der Waals surface area contributed by atoms with Crippen molar-refractivity contribution < 1.29 is 4.42 Å². The van der Waals surface area contributed by atoms with Crippen molar-refractivity contribution >= 4 is 11.1 Å². The molecule has 0 fully saturated rings. The van der Waals surface area contributed by atoms with Crippen molar-refractivity contribution in [2.75, 3.05) is 6.54 Å². The van der Waals surface area contributed by atoms with Crippen molar-refractivity contribution in [3.8, 4) is 11.5 Å². The van der Waals surface area contributed by atoms with Gasteiger partial charge in [0.05, 0.1) is 0 Å². The SMILES string of the molecule is Cc1cc(C)c2oc(-c3ccc4c(c3)CNCC4)nc2c1. The number of oxazole rings is 1. The average Bonchev–Trinajstić information content (AvgIpc) is 2.91. The lowest BCUT2D eigenvalue weighted by molar-refractivity contribution is 0.615. The zero-order chi connectivity index (χ0) is 14.4. The highest BCUT2D eigenvalue weighted by Gasteiger charge is 2.14. The molecule has 0 aliphatic carbocycles. The average molecular weight is 278 g/mol. The Labute approximate surface area is 124 Å². The summed E-state index contributed by atoms with van der Waals surface area (Å²) in [6.45, 7) is 6.15. The summed E-state index contributed by atoms with van der Waals surface area (Å²) in [7, 11) is 0. The molecule has 4 rings (SSSR count). The molecule has 3 nitrogen and oxygen atoms in total. The highest BCUT2D eigenvalue weighted by molar-refractivity contribution is 5.80. The number of hydrogen-bond donors (Lipinski definition) is 1. The van der Waals surface area contributed by atoms with E-state index in [0.717, 1.165) is 41.7 Å². The van der Waals surface area contributed by atoms with Gasteiger partial charge in [-0.2, -0.15) is 0 Å². The van der Waals surface area contributed by atoms with Crippen LogP contribution in [-0.2, 0) is 13.0 Å². The summed E-state index contributed by atoms with van der Waals surface area (Å²) in [5.74, 6) is 0.715. The van der Waals surface area contributed by atoms with Crippen LogP contribution in [-0.4, -0.2) is 11.5 Å². The third kappa shape index (κ3) is 2.14. The third-order valence-electron chi connectivity index (χ3n) is 4.16. The van der Waals surface area contributed by atoms with Gasteiger partial charge in [-0.1, -0.05) is 12.1 Å². The number of hydrogen-bond acceptors (Lipinski definition) is 3. The Balaban J connectivity index is 1.84. The Kier molecular flexibility index (Phi) is 2.82. The Morgan fingerprint density at radius 3 is 2.90 bits per heavy atom. The van der Waals surface area contributed by atoms with Crippen LogP contribution in [0.3, 0.4) is 0 Å². The van der Waals surface area contributed by atoms with E-state index in [2.05, 4.69) is 54.5 Å². The van der Waals surface area contributed by atoms with Gasteiger partial charge in [-0.3, -0.25) is 0 Å². The van der Waals surface area contributed by atoms with Crippen LogP contribution in [0.2, 0.25) is 0 Å². The number of rotatable bonds is 1. The first-order valence-electron chi connectivity index (χ1n) is 7.41. The molecule has 0 saturated carbocycles. The van der Waals surface area contributed by atoms with E-state index < -0.39 is 0 Å². The van der Waals surface area contributed by atoms with Crippen LogP contribution in [0, 0.1) is 13.8 Å². The van der Waals surface area contributed by atoms with Crippen molar-refractivity contribution in [2.24, 2.45) is 0 Å². The summed E-state index contributed by atoms with van der Waals surface area (Å²) in [5, 5.41) is 3.41. The molecule has 3 aromatic rings. The summed E-state index contributed by atoms with van der Waals surface area (Å²) in [4.78, 5) is 4.67. The molecule has 1 aliphatic rings. The molecule has 0 spiro atoms. The smallest absolute Gasteiger partial charge is 0.227 e. The molecule has 0 saturated heterocycles. The maximum absolute atomic E-state index is 6.00. The van der Waals surface area contributed by atoms with Gasteiger partial charge < -0.3 is 9.73 Å². The van der Waals surface area contributed by atoms with E-state index in [1.807, 2.05) is 0 Å². The zero-order valence-corrected chi connectivity index (χ0v) is 12.4. The third-order valence-corrected chi connectivity index (χ3v) is 4.16. The summed E-state index contributed by atoms with van der Waals surface area (Å²) in [6, 6.07) is 10.7. The van der Waals surface area contributed by atoms with E-state index in [1.165, 1.54) is 16.7 Å². The van der Waals surface area contributed by atoms with Crippen molar-refractivity contribution in [3.63, 3.8) is 0 Å². The molecule has 0 radical (unpaired) electrons. The Morgan fingerprint density at radius 2 is 2.00 bits per heavy atom. The second-order valence-electron chi connectivity index (χ2n) is 5.86. The van der Waals surface area contributed by atoms with E-state index in [-0.39, 0.29) is 0 Å². The maximum atomic E-state index is 6.00. The topological polar surface area (TPSA) is 38.1 Å². The molecule has 0 amide bonds. The highest BCUT2D eigenvalue weighted by Crippen LogP contribution is 2.29. The Hall–Kier alpha value is -2.13. The lowest BCUT2D eigenvalue weighted by Crippen LogP contribution is -2.23. The standard InChI is InChI=1S/C18H18N2O/c1-11-7-12(2)17-16(8-11)20-18(21-17)14-4-3-13-5-6-19-10-15(13)9-14/h3-4,7-9,19H,5-6,10H2,1-2H3. The zero-order valence-electron chi connectivity index (χ0n) is 12.4. The van der Waals surface area contributed by atoms with Crippen LogP contribution in [0.4, 0.5) is 0 Å². The van der Waals surface area contributed by atoms with Gasteiger partial charge >= 0.3 is 0 Å². The monoisotopic (exact) mass is 278 g/mol. The molecule has 1 N–H and O–H groups in total. The van der Waals surface area contributed by atoms with Crippen LogP contribution >= 0.6 is 0 Å². The molecule has 2 heterocycles. The molecule has 0 bridgehead atoms. The van der Waals surface area contributed by atoms with Gasteiger partial charge in [-0.05, 0) is 67.3 Å². The summed E-state index contributed by atoms with van der Waals surface area (Å²) >= 11 is 0. The normalized spacial score (nSPS) is 14.4. The van der Waals surface area contributed by atoms with Gasteiger partial charge in [-0.15, -0.1) is 0 Å². The minimum absolute atomic E-state index is 0.715. The summed E-state index contributed by atoms with van der Waals surface area (Å²) in [5.41, 5.74) is 8.04. The molecule has 21 heavy (non-hydrogen) atoms. The van der Waals surface area contributed by atoms with Gasteiger partial charge in [0.15, 0.2) is 5.58 Å². The fourth-order valence-electron chi connectivity index (χ4n) is 3.11. The van der Waals surface area contributed by atoms with Gasteiger partial charge in [-0.25, -0.2) is 4.98 Å². The van der Waals surface area contributed by atoms with Gasteiger partial charge in [0.25, 0.3) is 0 Å². The largest absolute Gasteiger partial charge is 0.436 e. The Bertz CT molecular complexity index is 833. The van der Waals surface area contributed by atoms with Crippen LogP contribution in [0.5, 0.6) is 0 Å². The second-order valence-corrected chi connectivity index (χ2v) is 5.86. The van der Waals surface area contributed by atoms with Crippen molar-refractivity contribution in [2.45, 2.75) is 26.8 Å². The van der Waals surface area contributed by atoms with Gasteiger partial charge in [0.2, 0.25) is 5.89 Å². The first-order valence-corrected chi connectivity index (χ1v) is 7.41. The molecular weight excluding hydrogens is 260 g/mol. The van der Waals surface area contributed by atoms with E-state index in [9.17, 15) is 0 Å². The first-order chi connectivity index (χ1) is 10.2.